The first-order valence-corrected chi connectivity index (χ1v) is 5.09. The number of aliphatic carboxylic acids is 1. The lowest BCUT2D eigenvalue weighted by Gasteiger charge is -2.10. The van der Waals surface area contributed by atoms with Crippen molar-refractivity contribution >= 4 is 5.97 Å². The molecule has 7 heteroatoms. The van der Waals surface area contributed by atoms with Gasteiger partial charge in [-0.15, -0.1) is 0 Å². The third-order valence-electron chi connectivity index (χ3n) is 2.20. The van der Waals surface area contributed by atoms with Crippen molar-refractivity contribution < 1.29 is 27.8 Å². The smallest absolute Gasteiger partial charge is 0.416 e. The van der Waals surface area contributed by atoms with Crippen LogP contribution in [0.3, 0.4) is 0 Å². The number of carbonyl (C=O) groups is 1. The molecule has 100 valence electrons. The Hall–Kier alpha value is -1.76. The normalized spacial score (nSPS) is 13.1. The van der Waals surface area contributed by atoms with E-state index in [9.17, 15) is 18.0 Å². The molecule has 0 amide bonds. The molecule has 0 saturated heterocycles. The summed E-state index contributed by atoms with van der Waals surface area (Å²) in [5, 5.41) is 8.50. The highest BCUT2D eigenvalue weighted by Gasteiger charge is 2.29. The van der Waals surface area contributed by atoms with Crippen molar-refractivity contribution in [2.45, 2.75) is 18.6 Å². The number of benzene rings is 1. The van der Waals surface area contributed by atoms with Gasteiger partial charge in [0, 0.05) is 6.42 Å². The van der Waals surface area contributed by atoms with E-state index in [2.05, 4.69) is 0 Å². The standard InChI is InChI=1S/C11H12F3NO3/c12-11(13,14)7-1-3-8(4-2-7)18-6-5-9(15)10(16)17/h1-4,9H,5-6,15H2,(H,16,17). The zero-order valence-electron chi connectivity index (χ0n) is 9.28. The lowest BCUT2D eigenvalue weighted by atomic mass is 10.2. The van der Waals surface area contributed by atoms with Crippen molar-refractivity contribution in [3.63, 3.8) is 0 Å². The molecule has 18 heavy (non-hydrogen) atoms. The summed E-state index contributed by atoms with van der Waals surface area (Å²) in [5.41, 5.74) is 4.47. The highest BCUT2D eigenvalue weighted by Crippen LogP contribution is 2.30. The number of halogens is 3. The highest BCUT2D eigenvalue weighted by molar-refractivity contribution is 5.72. The van der Waals surface area contributed by atoms with Crippen molar-refractivity contribution in [2.75, 3.05) is 6.61 Å². The molecule has 0 saturated carbocycles. The number of alkyl halides is 3. The summed E-state index contributed by atoms with van der Waals surface area (Å²) in [5.74, 6) is -0.911. The van der Waals surface area contributed by atoms with Crippen molar-refractivity contribution in [3.8, 4) is 5.75 Å². The first-order chi connectivity index (χ1) is 8.30. The number of carboxylic acid groups (broad SMARTS) is 1. The minimum absolute atomic E-state index is 0.0266. The first-order valence-electron chi connectivity index (χ1n) is 5.09. The van der Waals surface area contributed by atoms with Gasteiger partial charge in [-0.2, -0.15) is 13.2 Å². The van der Waals surface area contributed by atoms with Crippen molar-refractivity contribution in [1.29, 1.82) is 0 Å². The Kier molecular flexibility index (Phi) is 4.55. The molecule has 0 fully saturated rings. The zero-order valence-corrected chi connectivity index (χ0v) is 9.28. The van der Waals surface area contributed by atoms with Gasteiger partial charge in [0.25, 0.3) is 0 Å². The lowest BCUT2D eigenvalue weighted by Crippen LogP contribution is -2.31. The summed E-state index contributed by atoms with van der Waals surface area (Å²) >= 11 is 0. The fourth-order valence-electron chi connectivity index (χ4n) is 1.17. The van der Waals surface area contributed by atoms with Gasteiger partial charge in [-0.05, 0) is 24.3 Å². The van der Waals surface area contributed by atoms with Crippen LogP contribution in [0.2, 0.25) is 0 Å². The molecule has 1 aromatic carbocycles. The maximum atomic E-state index is 12.2. The molecule has 0 radical (unpaired) electrons. The Bertz CT molecular complexity index is 403. The maximum absolute atomic E-state index is 12.2. The van der Waals surface area contributed by atoms with Crippen molar-refractivity contribution in [2.24, 2.45) is 5.73 Å². The Balaban J connectivity index is 2.47. The number of hydrogen-bond acceptors (Lipinski definition) is 3. The average Bonchev–Trinajstić information content (AvgIpc) is 2.28. The highest BCUT2D eigenvalue weighted by atomic mass is 19.4. The summed E-state index contributed by atoms with van der Waals surface area (Å²) in [6.45, 7) is 0.0266. The number of carboxylic acids is 1. The lowest BCUT2D eigenvalue weighted by molar-refractivity contribution is -0.139. The van der Waals surface area contributed by atoms with E-state index in [-0.39, 0.29) is 18.8 Å². The van der Waals surface area contributed by atoms with Crippen LogP contribution in [0.4, 0.5) is 13.2 Å². The second-order valence-electron chi connectivity index (χ2n) is 3.60. The van der Waals surface area contributed by atoms with E-state index in [4.69, 9.17) is 15.6 Å². The zero-order chi connectivity index (χ0) is 13.8. The molecule has 1 aromatic rings. The maximum Gasteiger partial charge on any atom is 0.416 e. The van der Waals surface area contributed by atoms with Crippen LogP contribution >= 0.6 is 0 Å². The van der Waals surface area contributed by atoms with Crippen LogP contribution < -0.4 is 10.5 Å². The Labute approximate surface area is 101 Å². The molecule has 1 unspecified atom stereocenters. The Morgan fingerprint density at radius 3 is 2.33 bits per heavy atom. The van der Waals surface area contributed by atoms with E-state index in [0.29, 0.717) is 0 Å². The molecular formula is C11H12F3NO3. The molecule has 0 aliphatic carbocycles. The predicted octanol–water partition coefficient (Wildman–Crippen LogP) is 1.89. The summed E-state index contributed by atoms with van der Waals surface area (Å²) in [4.78, 5) is 10.4. The van der Waals surface area contributed by atoms with Gasteiger partial charge >= 0.3 is 12.1 Å². The molecule has 0 bridgehead atoms. The number of hydrogen-bond donors (Lipinski definition) is 2. The summed E-state index contributed by atoms with van der Waals surface area (Å²) in [6.07, 6.45) is -4.31. The van der Waals surface area contributed by atoms with E-state index in [1.54, 1.807) is 0 Å². The SMILES string of the molecule is NC(CCOc1ccc(C(F)(F)F)cc1)C(=O)O. The van der Waals surface area contributed by atoms with E-state index >= 15 is 0 Å². The second kappa shape index (κ2) is 5.72. The van der Waals surface area contributed by atoms with Crippen LogP contribution in [0.1, 0.15) is 12.0 Å². The third-order valence-corrected chi connectivity index (χ3v) is 2.20. The van der Waals surface area contributed by atoms with Crippen LogP contribution in [0.5, 0.6) is 5.75 Å². The average molecular weight is 263 g/mol. The van der Waals surface area contributed by atoms with Gasteiger partial charge in [0.1, 0.15) is 11.8 Å². The third kappa shape index (κ3) is 4.25. The van der Waals surface area contributed by atoms with Crippen molar-refractivity contribution in [1.82, 2.24) is 0 Å². The molecule has 1 rings (SSSR count). The van der Waals surface area contributed by atoms with Gasteiger partial charge in [-0.1, -0.05) is 0 Å². The first kappa shape index (κ1) is 14.3. The van der Waals surface area contributed by atoms with Gasteiger partial charge in [0.15, 0.2) is 0 Å². The van der Waals surface area contributed by atoms with Crippen LogP contribution in [0.25, 0.3) is 0 Å². The van der Waals surface area contributed by atoms with Gasteiger partial charge in [0.05, 0.1) is 12.2 Å². The topological polar surface area (TPSA) is 72.5 Å². The van der Waals surface area contributed by atoms with Crippen LogP contribution in [-0.2, 0) is 11.0 Å². The van der Waals surface area contributed by atoms with Crippen molar-refractivity contribution in [3.05, 3.63) is 29.8 Å². The molecule has 3 N–H and O–H groups in total. The van der Waals surface area contributed by atoms with Gasteiger partial charge in [-0.3, -0.25) is 4.79 Å². The Morgan fingerprint density at radius 2 is 1.89 bits per heavy atom. The fourth-order valence-corrected chi connectivity index (χ4v) is 1.17. The van der Waals surface area contributed by atoms with E-state index < -0.39 is 23.8 Å². The second-order valence-corrected chi connectivity index (χ2v) is 3.60. The van der Waals surface area contributed by atoms with Crippen LogP contribution in [-0.4, -0.2) is 23.7 Å². The number of nitrogens with two attached hydrogens (primary N) is 1. The summed E-state index contributed by atoms with van der Waals surface area (Å²) in [7, 11) is 0. The summed E-state index contributed by atoms with van der Waals surface area (Å²) < 4.78 is 41.8. The minimum Gasteiger partial charge on any atom is -0.494 e. The summed E-state index contributed by atoms with van der Waals surface area (Å²) in [6, 6.07) is 3.10. The van der Waals surface area contributed by atoms with E-state index in [1.807, 2.05) is 0 Å². The molecule has 0 heterocycles. The minimum atomic E-state index is -4.38. The molecule has 4 nitrogen and oxygen atoms in total. The number of rotatable bonds is 5. The van der Waals surface area contributed by atoms with E-state index in [0.717, 1.165) is 12.1 Å². The molecule has 0 spiro atoms. The molecule has 1 atom stereocenters. The van der Waals surface area contributed by atoms with Gasteiger partial charge < -0.3 is 15.6 Å². The largest absolute Gasteiger partial charge is 0.494 e. The van der Waals surface area contributed by atoms with Crippen LogP contribution in [0, 0.1) is 0 Å². The quantitative estimate of drug-likeness (QED) is 0.850. The van der Waals surface area contributed by atoms with Gasteiger partial charge in [-0.25, -0.2) is 0 Å². The van der Waals surface area contributed by atoms with Crippen LogP contribution in [0.15, 0.2) is 24.3 Å². The fraction of sp³-hybridized carbons (Fsp3) is 0.364. The predicted molar refractivity (Wildman–Crippen MR) is 57.2 cm³/mol. The monoisotopic (exact) mass is 263 g/mol. The Morgan fingerprint density at radius 1 is 1.33 bits per heavy atom. The number of ether oxygens (including phenoxy) is 1. The molecule has 0 aromatic heterocycles. The molecule has 0 aliphatic rings. The molecular weight excluding hydrogens is 251 g/mol. The van der Waals surface area contributed by atoms with Gasteiger partial charge in [0.2, 0.25) is 0 Å². The van der Waals surface area contributed by atoms with E-state index in [1.165, 1.54) is 12.1 Å². The molecule has 0 aliphatic heterocycles.